The summed E-state index contributed by atoms with van der Waals surface area (Å²) in [6.07, 6.45) is 1.84. The molecule has 0 aliphatic rings. The third kappa shape index (κ3) is 5.89. The van der Waals surface area contributed by atoms with Gasteiger partial charge in [-0.2, -0.15) is 0 Å². The molecule has 0 unspecified atom stereocenters. The van der Waals surface area contributed by atoms with Gasteiger partial charge in [-0.15, -0.1) is 16.4 Å². The minimum Gasteiger partial charge on any atom is -0.497 e. The van der Waals surface area contributed by atoms with E-state index in [4.69, 9.17) is 4.74 Å². The standard InChI is InChI=1S/C20H23N5O3S/c1-14(18-7-4-10-29-18)22-20(27)17-13-25(24-23-17)9-8-21-19(26)12-15-5-3-6-16(11-15)28-2/h3-7,10-11,13-14H,8-9,12H2,1-2H3,(H,21,26)(H,22,27)/t14-/m0/s1. The van der Waals surface area contributed by atoms with Gasteiger partial charge < -0.3 is 15.4 Å². The molecule has 0 fully saturated rings. The van der Waals surface area contributed by atoms with Crippen molar-refractivity contribution in [3.63, 3.8) is 0 Å². The zero-order valence-corrected chi connectivity index (χ0v) is 17.1. The fourth-order valence-electron chi connectivity index (χ4n) is 2.73. The van der Waals surface area contributed by atoms with Crippen LogP contribution in [0.5, 0.6) is 5.75 Å². The number of carbonyl (C=O) groups is 2. The summed E-state index contributed by atoms with van der Waals surface area (Å²) in [5, 5.41) is 15.6. The smallest absolute Gasteiger partial charge is 0.273 e. The van der Waals surface area contributed by atoms with Gasteiger partial charge in [-0.05, 0) is 36.1 Å². The molecule has 0 radical (unpaired) electrons. The molecular formula is C20H23N5O3S. The highest BCUT2D eigenvalue weighted by Gasteiger charge is 2.15. The fraction of sp³-hybridized carbons (Fsp3) is 0.300. The molecule has 29 heavy (non-hydrogen) atoms. The summed E-state index contributed by atoms with van der Waals surface area (Å²) in [5.41, 5.74) is 1.12. The molecule has 1 atom stereocenters. The molecule has 0 aliphatic carbocycles. The zero-order valence-electron chi connectivity index (χ0n) is 16.3. The quantitative estimate of drug-likeness (QED) is 0.560. The number of hydrogen-bond acceptors (Lipinski definition) is 6. The summed E-state index contributed by atoms with van der Waals surface area (Å²) in [4.78, 5) is 25.5. The van der Waals surface area contributed by atoms with Crippen LogP contribution in [0.1, 0.15) is 33.9 Å². The Kier molecular flexibility index (Phi) is 6.96. The van der Waals surface area contributed by atoms with Crippen LogP contribution in [0.25, 0.3) is 0 Å². The number of thiophene rings is 1. The predicted octanol–water partition coefficient (Wildman–Crippen LogP) is 2.20. The number of methoxy groups -OCH3 is 1. The molecule has 0 bridgehead atoms. The van der Waals surface area contributed by atoms with Crippen molar-refractivity contribution in [2.75, 3.05) is 13.7 Å². The van der Waals surface area contributed by atoms with E-state index in [1.165, 1.54) is 4.68 Å². The van der Waals surface area contributed by atoms with Gasteiger partial charge in [0.1, 0.15) is 5.75 Å². The second-order valence-corrected chi connectivity index (χ2v) is 7.43. The third-order valence-corrected chi connectivity index (χ3v) is 5.31. The van der Waals surface area contributed by atoms with Crippen LogP contribution in [0.2, 0.25) is 0 Å². The first-order chi connectivity index (χ1) is 14.0. The van der Waals surface area contributed by atoms with Crippen LogP contribution in [-0.2, 0) is 17.8 Å². The highest BCUT2D eigenvalue weighted by molar-refractivity contribution is 7.10. The second-order valence-electron chi connectivity index (χ2n) is 6.46. The lowest BCUT2D eigenvalue weighted by Crippen LogP contribution is -2.28. The molecule has 2 amide bonds. The molecule has 9 heteroatoms. The summed E-state index contributed by atoms with van der Waals surface area (Å²) >= 11 is 1.59. The van der Waals surface area contributed by atoms with E-state index in [2.05, 4.69) is 20.9 Å². The normalized spacial score (nSPS) is 11.7. The lowest BCUT2D eigenvalue weighted by Gasteiger charge is -2.10. The first kappa shape index (κ1) is 20.5. The lowest BCUT2D eigenvalue weighted by atomic mass is 10.1. The van der Waals surface area contributed by atoms with Crippen LogP contribution >= 0.6 is 11.3 Å². The van der Waals surface area contributed by atoms with Crippen molar-refractivity contribution in [2.24, 2.45) is 0 Å². The Morgan fingerprint density at radius 2 is 2.14 bits per heavy atom. The largest absolute Gasteiger partial charge is 0.497 e. The van der Waals surface area contributed by atoms with Gasteiger partial charge >= 0.3 is 0 Å². The molecule has 8 nitrogen and oxygen atoms in total. The summed E-state index contributed by atoms with van der Waals surface area (Å²) in [6, 6.07) is 11.2. The second kappa shape index (κ2) is 9.83. The van der Waals surface area contributed by atoms with Crippen molar-refractivity contribution >= 4 is 23.2 Å². The average molecular weight is 414 g/mol. The van der Waals surface area contributed by atoms with Gasteiger partial charge in [0.2, 0.25) is 5.91 Å². The Morgan fingerprint density at radius 3 is 2.90 bits per heavy atom. The maximum atomic E-state index is 12.3. The molecule has 2 N–H and O–H groups in total. The number of rotatable bonds is 9. The van der Waals surface area contributed by atoms with E-state index in [-0.39, 0.29) is 30.0 Å². The number of nitrogens with one attached hydrogen (secondary N) is 2. The van der Waals surface area contributed by atoms with E-state index in [1.54, 1.807) is 24.6 Å². The van der Waals surface area contributed by atoms with Gasteiger partial charge in [-0.3, -0.25) is 9.59 Å². The van der Waals surface area contributed by atoms with Gasteiger partial charge in [-0.25, -0.2) is 4.68 Å². The van der Waals surface area contributed by atoms with Crippen molar-refractivity contribution in [1.82, 2.24) is 25.6 Å². The predicted molar refractivity (Wildman–Crippen MR) is 110 cm³/mol. The number of amides is 2. The van der Waals surface area contributed by atoms with Gasteiger partial charge in [0.25, 0.3) is 5.91 Å². The monoisotopic (exact) mass is 413 g/mol. The van der Waals surface area contributed by atoms with Crippen LogP contribution in [0.15, 0.2) is 48.0 Å². The first-order valence-corrected chi connectivity index (χ1v) is 10.1. The van der Waals surface area contributed by atoms with Crippen molar-refractivity contribution in [3.8, 4) is 5.75 Å². The van der Waals surface area contributed by atoms with Crippen LogP contribution < -0.4 is 15.4 Å². The number of aromatic nitrogens is 3. The van der Waals surface area contributed by atoms with E-state index < -0.39 is 0 Å². The number of hydrogen-bond donors (Lipinski definition) is 2. The molecule has 3 rings (SSSR count). The maximum absolute atomic E-state index is 12.3. The number of benzene rings is 1. The summed E-state index contributed by atoms with van der Waals surface area (Å²) < 4.78 is 6.70. The number of carbonyl (C=O) groups excluding carboxylic acids is 2. The van der Waals surface area contributed by atoms with Crippen LogP contribution in [0.3, 0.4) is 0 Å². The van der Waals surface area contributed by atoms with Crippen molar-refractivity contribution in [3.05, 3.63) is 64.1 Å². The van der Waals surface area contributed by atoms with E-state index in [0.29, 0.717) is 13.1 Å². The molecule has 2 heterocycles. The lowest BCUT2D eigenvalue weighted by molar-refractivity contribution is -0.120. The first-order valence-electron chi connectivity index (χ1n) is 9.19. The Bertz CT molecular complexity index is 955. The van der Waals surface area contributed by atoms with E-state index in [9.17, 15) is 9.59 Å². The van der Waals surface area contributed by atoms with Crippen molar-refractivity contribution in [1.29, 1.82) is 0 Å². The third-order valence-electron chi connectivity index (χ3n) is 4.25. The van der Waals surface area contributed by atoms with Crippen molar-refractivity contribution < 1.29 is 14.3 Å². The van der Waals surface area contributed by atoms with E-state index in [1.807, 2.05) is 48.7 Å². The van der Waals surface area contributed by atoms with Gasteiger partial charge in [0.05, 0.1) is 32.3 Å². The van der Waals surface area contributed by atoms with Gasteiger partial charge in [-0.1, -0.05) is 23.4 Å². The highest BCUT2D eigenvalue weighted by atomic mass is 32.1. The molecule has 152 valence electrons. The Morgan fingerprint density at radius 1 is 1.28 bits per heavy atom. The van der Waals surface area contributed by atoms with Gasteiger partial charge in [0, 0.05) is 11.4 Å². The molecular weight excluding hydrogens is 390 g/mol. The van der Waals surface area contributed by atoms with Crippen LogP contribution in [0.4, 0.5) is 0 Å². The fourth-order valence-corrected chi connectivity index (χ4v) is 3.47. The molecule has 0 aliphatic heterocycles. The maximum Gasteiger partial charge on any atom is 0.273 e. The zero-order chi connectivity index (χ0) is 20.6. The van der Waals surface area contributed by atoms with Crippen LogP contribution in [0, 0.1) is 0 Å². The SMILES string of the molecule is COc1cccc(CC(=O)NCCn2cc(C(=O)N[C@@H](C)c3cccs3)nn2)c1. The molecule has 0 saturated heterocycles. The Hall–Kier alpha value is -3.20. The minimum absolute atomic E-state index is 0.0939. The minimum atomic E-state index is -0.279. The number of nitrogens with zero attached hydrogens (tertiary/aromatic N) is 3. The van der Waals surface area contributed by atoms with Gasteiger partial charge in [0.15, 0.2) is 5.69 Å². The topological polar surface area (TPSA) is 98.1 Å². The Balaban J connectivity index is 1.44. The molecule has 3 aromatic rings. The molecule has 1 aromatic carbocycles. The molecule has 0 saturated carbocycles. The number of ether oxygens (including phenoxy) is 1. The summed E-state index contributed by atoms with van der Waals surface area (Å²) in [6.45, 7) is 2.73. The molecule has 0 spiro atoms. The Labute approximate surface area is 172 Å². The van der Waals surface area contributed by atoms with Crippen LogP contribution in [-0.4, -0.2) is 40.5 Å². The van der Waals surface area contributed by atoms with Crippen molar-refractivity contribution in [2.45, 2.75) is 25.9 Å². The van der Waals surface area contributed by atoms with E-state index >= 15 is 0 Å². The summed E-state index contributed by atoms with van der Waals surface area (Å²) in [7, 11) is 1.59. The highest BCUT2D eigenvalue weighted by Crippen LogP contribution is 2.18. The summed E-state index contributed by atoms with van der Waals surface area (Å²) in [5.74, 6) is 0.345. The van der Waals surface area contributed by atoms with E-state index in [0.717, 1.165) is 16.2 Å². The molecule has 2 aromatic heterocycles. The average Bonchev–Trinajstić information content (AvgIpc) is 3.40.